The Labute approximate surface area is 111 Å². The fourth-order valence-corrected chi connectivity index (χ4v) is 2.34. The minimum absolute atomic E-state index is 0.0926. The maximum atomic E-state index is 12.5. The zero-order valence-corrected chi connectivity index (χ0v) is 11.1. The topological polar surface area (TPSA) is 42.4 Å². The van der Waals surface area contributed by atoms with E-state index in [9.17, 15) is 4.79 Å². The third-order valence-corrected chi connectivity index (χ3v) is 3.26. The molecule has 0 N–H and O–H groups in total. The smallest absolute Gasteiger partial charge is 0.263 e. The molecular weight excluding hydrogens is 240 g/mol. The van der Waals surface area contributed by atoms with Gasteiger partial charge in [-0.15, -0.1) is 0 Å². The summed E-state index contributed by atoms with van der Waals surface area (Å²) in [4.78, 5) is 18.5. The van der Waals surface area contributed by atoms with E-state index < -0.39 is 0 Å². The van der Waals surface area contributed by atoms with Crippen LogP contribution in [0, 0.1) is 13.8 Å². The molecule has 0 unspecified atom stereocenters. The fraction of sp³-hybridized carbons (Fsp3) is 0.200. The summed E-state index contributed by atoms with van der Waals surface area (Å²) in [7, 11) is 1.75. The summed E-state index contributed by atoms with van der Waals surface area (Å²) < 4.78 is 5.83. The van der Waals surface area contributed by atoms with Crippen molar-refractivity contribution in [2.24, 2.45) is 0 Å². The van der Waals surface area contributed by atoms with Gasteiger partial charge in [-0.05, 0) is 37.6 Å². The molecule has 0 aliphatic carbocycles. The second kappa shape index (κ2) is 4.09. The molecular formula is C15H14N2O2. The maximum Gasteiger partial charge on any atom is 0.263 e. The molecule has 0 saturated heterocycles. The molecule has 19 heavy (non-hydrogen) atoms. The van der Waals surface area contributed by atoms with E-state index in [1.165, 1.54) is 0 Å². The van der Waals surface area contributed by atoms with Crippen LogP contribution in [0.5, 0.6) is 11.6 Å². The van der Waals surface area contributed by atoms with Crippen molar-refractivity contribution in [1.82, 2.24) is 4.98 Å². The third kappa shape index (κ3) is 1.76. The Morgan fingerprint density at radius 3 is 2.74 bits per heavy atom. The summed E-state index contributed by atoms with van der Waals surface area (Å²) in [5.74, 6) is 0.943. The van der Waals surface area contributed by atoms with Gasteiger partial charge in [0.1, 0.15) is 5.56 Å². The van der Waals surface area contributed by atoms with Gasteiger partial charge in [0.2, 0.25) is 5.88 Å². The quantitative estimate of drug-likeness (QED) is 0.725. The molecule has 1 amide bonds. The van der Waals surface area contributed by atoms with Gasteiger partial charge >= 0.3 is 0 Å². The molecule has 96 valence electrons. The number of aromatic nitrogens is 1. The molecule has 0 fully saturated rings. The normalized spacial score (nSPS) is 13.4. The van der Waals surface area contributed by atoms with Crippen molar-refractivity contribution in [3.05, 3.63) is 47.2 Å². The molecule has 1 aromatic heterocycles. The summed E-state index contributed by atoms with van der Waals surface area (Å²) in [6.07, 6.45) is 0. The first-order valence-corrected chi connectivity index (χ1v) is 6.11. The lowest BCUT2D eigenvalue weighted by Crippen LogP contribution is -2.26. The van der Waals surface area contributed by atoms with Crippen LogP contribution in [-0.4, -0.2) is 17.9 Å². The van der Waals surface area contributed by atoms with Crippen molar-refractivity contribution in [2.45, 2.75) is 13.8 Å². The minimum atomic E-state index is -0.0926. The number of hydrogen-bond acceptors (Lipinski definition) is 3. The van der Waals surface area contributed by atoms with Gasteiger partial charge in [0.15, 0.2) is 5.75 Å². The highest BCUT2D eigenvalue weighted by atomic mass is 16.5. The number of ether oxygens (including phenoxy) is 1. The number of pyridine rings is 1. The average Bonchev–Trinajstić information content (AvgIpc) is 2.46. The predicted molar refractivity (Wildman–Crippen MR) is 73.0 cm³/mol. The molecule has 1 aliphatic rings. The van der Waals surface area contributed by atoms with Gasteiger partial charge in [0.05, 0.1) is 5.69 Å². The summed E-state index contributed by atoms with van der Waals surface area (Å²) in [5, 5.41) is 0. The zero-order chi connectivity index (χ0) is 13.6. The van der Waals surface area contributed by atoms with E-state index in [0.717, 1.165) is 16.9 Å². The van der Waals surface area contributed by atoms with Crippen molar-refractivity contribution in [1.29, 1.82) is 0 Å². The minimum Gasteiger partial charge on any atom is -0.436 e. The van der Waals surface area contributed by atoms with Gasteiger partial charge in [-0.3, -0.25) is 4.79 Å². The lowest BCUT2D eigenvalue weighted by molar-refractivity contribution is 0.0992. The predicted octanol–water partition coefficient (Wildman–Crippen LogP) is 3.08. The summed E-state index contributed by atoms with van der Waals surface area (Å²) in [6.45, 7) is 3.79. The van der Waals surface area contributed by atoms with Crippen LogP contribution >= 0.6 is 0 Å². The van der Waals surface area contributed by atoms with Crippen LogP contribution in [0.15, 0.2) is 30.3 Å². The van der Waals surface area contributed by atoms with Crippen LogP contribution in [0.4, 0.5) is 5.69 Å². The highest BCUT2D eigenvalue weighted by molar-refractivity contribution is 6.09. The Morgan fingerprint density at radius 1 is 1.21 bits per heavy atom. The van der Waals surface area contributed by atoms with Crippen molar-refractivity contribution >= 4 is 11.6 Å². The molecule has 1 aliphatic heterocycles. The molecule has 0 bridgehead atoms. The van der Waals surface area contributed by atoms with Crippen LogP contribution in [0.3, 0.4) is 0 Å². The number of carbonyl (C=O) groups excluding carboxylic acids is 1. The average molecular weight is 254 g/mol. The highest BCUT2D eigenvalue weighted by Crippen LogP contribution is 2.38. The largest absolute Gasteiger partial charge is 0.436 e. The molecule has 0 saturated carbocycles. The van der Waals surface area contributed by atoms with Gasteiger partial charge in [-0.2, -0.15) is 0 Å². The van der Waals surface area contributed by atoms with Gasteiger partial charge in [-0.25, -0.2) is 4.98 Å². The fourth-order valence-electron chi connectivity index (χ4n) is 2.34. The number of anilines is 1. The number of amides is 1. The van der Waals surface area contributed by atoms with E-state index in [0.29, 0.717) is 17.2 Å². The molecule has 2 heterocycles. The van der Waals surface area contributed by atoms with E-state index >= 15 is 0 Å². The summed E-state index contributed by atoms with van der Waals surface area (Å²) in [6, 6.07) is 9.36. The monoisotopic (exact) mass is 254 g/mol. The lowest BCUT2D eigenvalue weighted by atomic mass is 10.1. The van der Waals surface area contributed by atoms with Crippen LogP contribution in [-0.2, 0) is 0 Å². The molecule has 3 rings (SSSR count). The molecule has 2 aromatic rings. The Kier molecular flexibility index (Phi) is 2.52. The van der Waals surface area contributed by atoms with Crippen LogP contribution in [0.25, 0.3) is 0 Å². The second-order valence-corrected chi connectivity index (χ2v) is 4.69. The molecule has 4 heteroatoms. The Hall–Kier alpha value is -2.36. The van der Waals surface area contributed by atoms with Gasteiger partial charge in [-0.1, -0.05) is 12.1 Å². The molecule has 0 radical (unpaired) electrons. The molecule has 4 nitrogen and oxygen atoms in total. The first-order chi connectivity index (χ1) is 9.08. The number of benzene rings is 1. The number of fused-ring (bicyclic) bond motifs is 2. The van der Waals surface area contributed by atoms with Crippen molar-refractivity contribution < 1.29 is 9.53 Å². The van der Waals surface area contributed by atoms with E-state index in [2.05, 4.69) is 4.98 Å². The SMILES string of the molecule is Cc1cc(C)c2c(n1)Oc1ccccc1N(C)C2=O. The lowest BCUT2D eigenvalue weighted by Gasteiger charge is -2.16. The van der Waals surface area contributed by atoms with Crippen LogP contribution in [0.2, 0.25) is 0 Å². The number of carbonyl (C=O) groups is 1. The molecule has 0 spiro atoms. The number of rotatable bonds is 0. The summed E-state index contributed by atoms with van der Waals surface area (Å²) >= 11 is 0. The van der Waals surface area contributed by atoms with Gasteiger partial charge < -0.3 is 9.64 Å². The number of aryl methyl sites for hydroxylation is 2. The van der Waals surface area contributed by atoms with E-state index in [-0.39, 0.29) is 5.91 Å². The van der Waals surface area contributed by atoms with Crippen molar-refractivity contribution in [2.75, 3.05) is 11.9 Å². The Bertz CT molecular complexity index is 680. The first kappa shape index (κ1) is 11.7. The van der Waals surface area contributed by atoms with Gasteiger partial charge in [0, 0.05) is 12.7 Å². The van der Waals surface area contributed by atoms with Crippen LogP contribution < -0.4 is 9.64 Å². The summed E-state index contributed by atoms with van der Waals surface area (Å²) in [5.41, 5.74) is 3.00. The Morgan fingerprint density at radius 2 is 1.95 bits per heavy atom. The van der Waals surface area contributed by atoms with E-state index in [1.807, 2.05) is 44.2 Å². The highest BCUT2D eigenvalue weighted by Gasteiger charge is 2.28. The Balaban J connectivity index is 2.28. The van der Waals surface area contributed by atoms with E-state index in [1.54, 1.807) is 11.9 Å². The number of para-hydroxylation sites is 2. The van der Waals surface area contributed by atoms with E-state index in [4.69, 9.17) is 4.74 Å². The third-order valence-electron chi connectivity index (χ3n) is 3.26. The number of hydrogen-bond donors (Lipinski definition) is 0. The van der Waals surface area contributed by atoms with Gasteiger partial charge in [0.25, 0.3) is 5.91 Å². The number of nitrogens with zero attached hydrogens (tertiary/aromatic N) is 2. The van der Waals surface area contributed by atoms with Crippen LogP contribution in [0.1, 0.15) is 21.6 Å². The zero-order valence-electron chi connectivity index (χ0n) is 11.1. The second-order valence-electron chi connectivity index (χ2n) is 4.69. The molecule has 0 atom stereocenters. The first-order valence-electron chi connectivity index (χ1n) is 6.11. The van der Waals surface area contributed by atoms with Crippen molar-refractivity contribution in [3.63, 3.8) is 0 Å². The van der Waals surface area contributed by atoms with Crippen molar-refractivity contribution in [3.8, 4) is 11.6 Å². The molecule has 1 aromatic carbocycles. The standard InChI is InChI=1S/C15H14N2O2/c1-9-8-10(2)16-14-13(9)15(18)17(3)11-6-4-5-7-12(11)19-14/h4-8H,1-3H3. The maximum absolute atomic E-state index is 12.5.